The Morgan fingerprint density at radius 2 is 1.95 bits per heavy atom. The van der Waals surface area contributed by atoms with Crippen LogP contribution in [0.4, 0.5) is 0 Å². The molecule has 2 aromatic carbocycles. The highest BCUT2D eigenvalue weighted by Gasteiger charge is 2.12. The highest BCUT2D eigenvalue weighted by molar-refractivity contribution is 7.23. The molecule has 0 unspecified atom stereocenters. The van der Waals surface area contributed by atoms with Crippen molar-refractivity contribution in [2.75, 3.05) is 7.11 Å². The van der Waals surface area contributed by atoms with Crippen molar-refractivity contribution in [3.63, 3.8) is 0 Å². The molecule has 0 bridgehead atoms. The molecule has 0 radical (unpaired) electrons. The molecule has 2 aromatic heterocycles. The van der Waals surface area contributed by atoms with E-state index in [4.69, 9.17) is 4.74 Å². The minimum Gasteiger partial charge on any atom is -0.497 e. The Morgan fingerprint density at radius 3 is 2.73 bits per heavy atom. The summed E-state index contributed by atoms with van der Waals surface area (Å²) in [6.07, 6.45) is 1.65. The van der Waals surface area contributed by atoms with Gasteiger partial charge in [0.05, 0.1) is 22.9 Å². The summed E-state index contributed by atoms with van der Waals surface area (Å²) in [5, 5.41) is 0. The van der Waals surface area contributed by atoms with Crippen LogP contribution in [-0.4, -0.2) is 16.5 Å². The SMILES string of the molecule is COc1ccc2c(c1)sc1ncc(-c3ccccc3)c(=O)n12. The predicted octanol–water partition coefficient (Wildman–Crippen LogP) is 3.58. The summed E-state index contributed by atoms with van der Waals surface area (Å²) in [4.78, 5) is 18.0. The Balaban J connectivity index is 2.06. The zero-order valence-electron chi connectivity index (χ0n) is 11.8. The summed E-state index contributed by atoms with van der Waals surface area (Å²) in [5.41, 5.74) is 2.29. The van der Waals surface area contributed by atoms with Gasteiger partial charge in [0.25, 0.3) is 5.56 Å². The maximum atomic E-state index is 12.9. The van der Waals surface area contributed by atoms with Gasteiger partial charge >= 0.3 is 0 Å². The number of ether oxygens (including phenoxy) is 1. The van der Waals surface area contributed by atoms with Crippen molar-refractivity contribution in [2.45, 2.75) is 0 Å². The van der Waals surface area contributed by atoms with Crippen LogP contribution in [0.15, 0.2) is 59.5 Å². The first kappa shape index (κ1) is 13.0. The molecular weight excluding hydrogens is 296 g/mol. The van der Waals surface area contributed by atoms with E-state index in [1.165, 1.54) is 11.3 Å². The van der Waals surface area contributed by atoms with Gasteiger partial charge in [0.15, 0.2) is 4.96 Å². The molecule has 0 fully saturated rings. The fourth-order valence-electron chi connectivity index (χ4n) is 2.53. The van der Waals surface area contributed by atoms with E-state index in [1.807, 2.05) is 48.5 Å². The summed E-state index contributed by atoms with van der Waals surface area (Å²) in [6.45, 7) is 0. The van der Waals surface area contributed by atoms with Gasteiger partial charge in [-0.1, -0.05) is 41.7 Å². The van der Waals surface area contributed by atoms with Gasteiger partial charge < -0.3 is 4.74 Å². The number of hydrogen-bond acceptors (Lipinski definition) is 4. The lowest BCUT2D eigenvalue weighted by atomic mass is 10.1. The van der Waals surface area contributed by atoms with Crippen molar-refractivity contribution in [1.82, 2.24) is 9.38 Å². The minimum atomic E-state index is -0.0485. The third kappa shape index (κ3) is 1.90. The van der Waals surface area contributed by atoms with Crippen LogP contribution < -0.4 is 10.3 Å². The first-order chi connectivity index (χ1) is 10.8. The van der Waals surface area contributed by atoms with Crippen LogP contribution in [0.25, 0.3) is 26.3 Å². The Labute approximate surface area is 130 Å². The number of methoxy groups -OCH3 is 1. The smallest absolute Gasteiger partial charge is 0.266 e. The Morgan fingerprint density at radius 1 is 1.14 bits per heavy atom. The summed E-state index contributed by atoms with van der Waals surface area (Å²) >= 11 is 1.48. The maximum Gasteiger partial charge on any atom is 0.266 e. The second-order valence-electron chi connectivity index (χ2n) is 4.90. The maximum absolute atomic E-state index is 12.9. The molecular formula is C17H12N2O2S. The van der Waals surface area contributed by atoms with Crippen LogP contribution in [0.5, 0.6) is 5.75 Å². The van der Waals surface area contributed by atoms with Crippen LogP contribution in [0.3, 0.4) is 0 Å². The molecule has 4 nitrogen and oxygen atoms in total. The lowest BCUT2D eigenvalue weighted by Gasteiger charge is -2.02. The Hall–Kier alpha value is -2.66. The van der Waals surface area contributed by atoms with Gasteiger partial charge in [-0.05, 0) is 23.8 Å². The van der Waals surface area contributed by atoms with Crippen molar-refractivity contribution in [1.29, 1.82) is 0 Å². The minimum absolute atomic E-state index is 0.0485. The van der Waals surface area contributed by atoms with Gasteiger partial charge in [-0.25, -0.2) is 4.98 Å². The van der Waals surface area contributed by atoms with E-state index < -0.39 is 0 Å². The van der Waals surface area contributed by atoms with Crippen molar-refractivity contribution in [3.05, 3.63) is 65.1 Å². The third-order valence-electron chi connectivity index (χ3n) is 3.62. The number of nitrogens with zero attached hydrogens (tertiary/aromatic N) is 2. The van der Waals surface area contributed by atoms with Crippen LogP contribution in [-0.2, 0) is 0 Å². The van der Waals surface area contributed by atoms with E-state index in [1.54, 1.807) is 17.7 Å². The molecule has 22 heavy (non-hydrogen) atoms. The number of rotatable bonds is 2. The van der Waals surface area contributed by atoms with Crippen LogP contribution in [0, 0.1) is 0 Å². The summed E-state index contributed by atoms with van der Waals surface area (Å²) < 4.78 is 7.89. The Bertz CT molecular complexity index is 1040. The first-order valence-corrected chi connectivity index (χ1v) is 7.63. The number of benzene rings is 2. The lowest BCUT2D eigenvalue weighted by molar-refractivity contribution is 0.415. The summed E-state index contributed by atoms with van der Waals surface area (Å²) in [7, 11) is 1.63. The molecule has 0 spiro atoms. The number of aromatic nitrogens is 2. The fourth-order valence-corrected chi connectivity index (χ4v) is 3.54. The average molecular weight is 308 g/mol. The molecule has 0 N–H and O–H groups in total. The summed E-state index contributed by atoms with van der Waals surface area (Å²) in [5.74, 6) is 0.774. The second kappa shape index (κ2) is 4.96. The quantitative estimate of drug-likeness (QED) is 0.568. The van der Waals surface area contributed by atoms with E-state index in [2.05, 4.69) is 4.98 Å². The molecule has 0 aliphatic rings. The van der Waals surface area contributed by atoms with Crippen molar-refractivity contribution >= 4 is 26.5 Å². The van der Waals surface area contributed by atoms with Gasteiger partial charge in [0, 0.05) is 6.20 Å². The highest BCUT2D eigenvalue weighted by Crippen LogP contribution is 2.28. The standard InChI is InChI=1S/C17H12N2O2S/c1-21-12-7-8-14-15(9-12)22-17-18-10-13(16(20)19(14)17)11-5-3-2-4-6-11/h2-10H,1H3. The van der Waals surface area contributed by atoms with Crippen LogP contribution in [0.1, 0.15) is 0 Å². The van der Waals surface area contributed by atoms with Gasteiger partial charge in [0.2, 0.25) is 0 Å². The Kier molecular flexibility index (Phi) is 2.94. The fraction of sp³-hybridized carbons (Fsp3) is 0.0588. The average Bonchev–Trinajstić information content (AvgIpc) is 2.94. The monoisotopic (exact) mass is 308 g/mol. The van der Waals surface area contributed by atoms with Gasteiger partial charge in [-0.2, -0.15) is 0 Å². The van der Waals surface area contributed by atoms with Gasteiger partial charge in [0.1, 0.15) is 5.75 Å². The molecule has 4 aromatic rings. The van der Waals surface area contributed by atoms with Crippen LogP contribution in [0.2, 0.25) is 0 Å². The zero-order valence-corrected chi connectivity index (χ0v) is 12.6. The number of thiazole rings is 1. The highest BCUT2D eigenvalue weighted by atomic mass is 32.1. The molecule has 0 atom stereocenters. The number of fused-ring (bicyclic) bond motifs is 3. The third-order valence-corrected chi connectivity index (χ3v) is 4.64. The van der Waals surface area contributed by atoms with E-state index >= 15 is 0 Å². The van der Waals surface area contributed by atoms with Gasteiger partial charge in [-0.15, -0.1) is 0 Å². The molecule has 0 saturated heterocycles. The van der Waals surface area contributed by atoms with E-state index in [-0.39, 0.29) is 5.56 Å². The second-order valence-corrected chi connectivity index (χ2v) is 5.91. The molecule has 108 valence electrons. The molecule has 0 saturated carbocycles. The van der Waals surface area contributed by atoms with E-state index in [9.17, 15) is 4.79 Å². The predicted molar refractivity (Wildman–Crippen MR) is 88.8 cm³/mol. The van der Waals surface area contributed by atoms with Crippen molar-refractivity contribution in [3.8, 4) is 16.9 Å². The summed E-state index contributed by atoms with van der Waals surface area (Å²) in [6, 6.07) is 15.3. The molecule has 0 aliphatic carbocycles. The van der Waals surface area contributed by atoms with Crippen LogP contribution >= 0.6 is 11.3 Å². The largest absolute Gasteiger partial charge is 0.497 e. The topological polar surface area (TPSA) is 43.6 Å². The number of hydrogen-bond donors (Lipinski definition) is 0. The molecule has 0 aliphatic heterocycles. The molecule has 2 heterocycles. The lowest BCUT2D eigenvalue weighted by Crippen LogP contribution is -2.15. The van der Waals surface area contributed by atoms with Crippen molar-refractivity contribution in [2.24, 2.45) is 0 Å². The van der Waals surface area contributed by atoms with Crippen molar-refractivity contribution < 1.29 is 4.74 Å². The first-order valence-electron chi connectivity index (χ1n) is 6.81. The zero-order chi connectivity index (χ0) is 15.1. The molecule has 0 amide bonds. The van der Waals surface area contributed by atoms with Gasteiger partial charge in [-0.3, -0.25) is 9.20 Å². The van der Waals surface area contributed by atoms with E-state index in [0.717, 1.165) is 21.5 Å². The molecule has 5 heteroatoms. The van der Waals surface area contributed by atoms with E-state index in [0.29, 0.717) is 10.5 Å². The molecule has 4 rings (SSSR count). The normalized spacial score (nSPS) is 11.1.